The number of amides is 2. The second-order valence-electron chi connectivity index (χ2n) is 3.27. The third-order valence-electron chi connectivity index (χ3n) is 2.06. The molecule has 0 aliphatic carbocycles. The Hall–Kier alpha value is -1.06. The molecular formula is C10H20N2O2. The third kappa shape index (κ3) is 10.9. The summed E-state index contributed by atoms with van der Waals surface area (Å²) in [7, 11) is 0. The molecule has 4 heteroatoms. The number of rotatable bonds is 11. The molecule has 0 aliphatic rings. The van der Waals surface area contributed by atoms with Gasteiger partial charge in [-0.15, -0.1) is 0 Å². The average molecular weight is 200 g/mol. The molecule has 2 N–H and O–H groups in total. The lowest BCUT2D eigenvalue weighted by Gasteiger charge is -2.01. The fourth-order valence-electron chi connectivity index (χ4n) is 1.28. The molecular weight excluding hydrogens is 180 g/mol. The molecule has 0 aromatic carbocycles. The Bertz CT molecular complexity index is 124. The molecule has 0 aromatic heterocycles. The van der Waals surface area contributed by atoms with Crippen molar-refractivity contribution in [2.45, 2.75) is 38.5 Å². The molecule has 0 fully saturated rings. The van der Waals surface area contributed by atoms with Crippen molar-refractivity contribution in [1.29, 1.82) is 0 Å². The monoisotopic (exact) mass is 200 g/mol. The van der Waals surface area contributed by atoms with Crippen molar-refractivity contribution < 1.29 is 9.59 Å². The zero-order valence-corrected chi connectivity index (χ0v) is 8.63. The molecule has 2 amide bonds. The highest BCUT2D eigenvalue weighted by Crippen LogP contribution is 2.03. The van der Waals surface area contributed by atoms with Crippen LogP contribution in [0.5, 0.6) is 0 Å². The lowest BCUT2D eigenvalue weighted by molar-refractivity contribution is -0.110. The second kappa shape index (κ2) is 11.9. The van der Waals surface area contributed by atoms with E-state index in [4.69, 9.17) is 0 Å². The Morgan fingerprint density at radius 1 is 0.643 bits per heavy atom. The average Bonchev–Trinajstić information content (AvgIpc) is 2.21. The first-order valence-corrected chi connectivity index (χ1v) is 5.26. The first-order chi connectivity index (χ1) is 6.91. The van der Waals surface area contributed by atoms with Gasteiger partial charge < -0.3 is 10.6 Å². The van der Waals surface area contributed by atoms with E-state index in [-0.39, 0.29) is 0 Å². The van der Waals surface area contributed by atoms with E-state index in [1.54, 1.807) is 0 Å². The molecule has 0 spiro atoms. The predicted octanol–water partition coefficient (Wildman–Crippen LogP) is 0.819. The maximum atomic E-state index is 9.89. The second-order valence-corrected chi connectivity index (χ2v) is 3.27. The van der Waals surface area contributed by atoms with Gasteiger partial charge in [0, 0.05) is 13.1 Å². The van der Waals surface area contributed by atoms with Crippen LogP contribution in [-0.4, -0.2) is 25.9 Å². The van der Waals surface area contributed by atoms with Crippen molar-refractivity contribution in [2.75, 3.05) is 13.1 Å². The molecule has 0 unspecified atom stereocenters. The summed E-state index contributed by atoms with van der Waals surface area (Å²) in [5, 5.41) is 5.28. The van der Waals surface area contributed by atoms with Gasteiger partial charge in [0.15, 0.2) is 0 Å². The van der Waals surface area contributed by atoms with E-state index >= 15 is 0 Å². The minimum absolute atomic E-state index is 0.741. The molecule has 14 heavy (non-hydrogen) atoms. The van der Waals surface area contributed by atoms with E-state index in [1.165, 1.54) is 25.7 Å². The highest BCUT2D eigenvalue weighted by Gasteiger charge is 1.90. The predicted molar refractivity (Wildman–Crippen MR) is 55.8 cm³/mol. The minimum atomic E-state index is 0.741. The van der Waals surface area contributed by atoms with Gasteiger partial charge in [0.05, 0.1) is 0 Å². The fraction of sp³-hybridized carbons (Fsp3) is 0.800. The number of nitrogens with one attached hydrogen (secondary N) is 2. The quantitative estimate of drug-likeness (QED) is 0.383. The summed E-state index contributed by atoms with van der Waals surface area (Å²) in [6.45, 7) is 1.58. The number of carbonyl (C=O) groups excluding carboxylic acids is 2. The van der Waals surface area contributed by atoms with Crippen LogP contribution in [-0.2, 0) is 9.59 Å². The smallest absolute Gasteiger partial charge is 0.207 e. The zero-order valence-electron chi connectivity index (χ0n) is 8.63. The van der Waals surface area contributed by atoms with Crippen molar-refractivity contribution in [3.05, 3.63) is 0 Å². The van der Waals surface area contributed by atoms with E-state index in [2.05, 4.69) is 10.6 Å². The third-order valence-corrected chi connectivity index (χ3v) is 2.06. The Balaban J connectivity index is 2.84. The number of hydrogen-bond donors (Lipinski definition) is 2. The highest BCUT2D eigenvalue weighted by molar-refractivity contribution is 5.45. The van der Waals surface area contributed by atoms with Gasteiger partial charge in [-0.2, -0.15) is 0 Å². The van der Waals surface area contributed by atoms with Crippen LogP contribution in [0.4, 0.5) is 0 Å². The first-order valence-electron chi connectivity index (χ1n) is 5.26. The van der Waals surface area contributed by atoms with Crippen LogP contribution in [0.3, 0.4) is 0 Å². The Morgan fingerprint density at radius 3 is 1.36 bits per heavy atom. The normalized spacial score (nSPS) is 9.43. The van der Waals surface area contributed by atoms with Crippen LogP contribution in [0.2, 0.25) is 0 Å². The fourth-order valence-corrected chi connectivity index (χ4v) is 1.28. The Kier molecular flexibility index (Phi) is 11.0. The molecule has 0 radical (unpaired) electrons. The van der Waals surface area contributed by atoms with Crippen molar-refractivity contribution >= 4 is 12.8 Å². The summed E-state index contributed by atoms with van der Waals surface area (Å²) in [6, 6.07) is 0. The minimum Gasteiger partial charge on any atom is -0.359 e. The van der Waals surface area contributed by atoms with Gasteiger partial charge in [-0.05, 0) is 12.8 Å². The van der Waals surface area contributed by atoms with Gasteiger partial charge in [-0.1, -0.05) is 25.7 Å². The SMILES string of the molecule is O=CNCCCCCCCCNC=O. The van der Waals surface area contributed by atoms with E-state index in [0.717, 1.165) is 38.8 Å². The van der Waals surface area contributed by atoms with Crippen molar-refractivity contribution in [3.8, 4) is 0 Å². The van der Waals surface area contributed by atoms with Gasteiger partial charge in [0.1, 0.15) is 0 Å². The molecule has 0 aromatic rings. The summed E-state index contributed by atoms with van der Waals surface area (Å²) in [4.78, 5) is 19.8. The highest BCUT2D eigenvalue weighted by atomic mass is 16.1. The Labute approximate surface area is 85.4 Å². The standard InChI is InChI=1S/C10H20N2O2/c13-9-11-7-5-3-1-2-4-6-8-12-10-14/h9-10H,1-8H2,(H,11,13)(H,12,14). The molecule has 0 saturated carbocycles. The number of unbranched alkanes of at least 4 members (excludes halogenated alkanes) is 5. The van der Waals surface area contributed by atoms with Gasteiger partial charge >= 0.3 is 0 Å². The summed E-state index contributed by atoms with van der Waals surface area (Å²) >= 11 is 0. The molecule has 0 atom stereocenters. The number of hydrogen-bond acceptors (Lipinski definition) is 2. The van der Waals surface area contributed by atoms with Gasteiger partial charge in [0.2, 0.25) is 12.8 Å². The molecule has 0 heterocycles. The maximum absolute atomic E-state index is 9.89. The van der Waals surface area contributed by atoms with Gasteiger partial charge in [-0.25, -0.2) is 0 Å². The largest absolute Gasteiger partial charge is 0.359 e. The lowest BCUT2D eigenvalue weighted by atomic mass is 10.1. The van der Waals surface area contributed by atoms with E-state index in [0.29, 0.717) is 0 Å². The molecule has 0 rings (SSSR count). The lowest BCUT2D eigenvalue weighted by Crippen LogP contribution is -2.12. The van der Waals surface area contributed by atoms with Crippen LogP contribution in [0, 0.1) is 0 Å². The summed E-state index contributed by atoms with van der Waals surface area (Å²) < 4.78 is 0. The van der Waals surface area contributed by atoms with E-state index in [1.807, 2.05) is 0 Å². The Morgan fingerprint density at radius 2 is 1.00 bits per heavy atom. The molecule has 0 aliphatic heterocycles. The van der Waals surface area contributed by atoms with E-state index < -0.39 is 0 Å². The van der Waals surface area contributed by atoms with Crippen LogP contribution in [0.15, 0.2) is 0 Å². The van der Waals surface area contributed by atoms with Gasteiger partial charge in [0.25, 0.3) is 0 Å². The maximum Gasteiger partial charge on any atom is 0.207 e. The summed E-state index contributed by atoms with van der Waals surface area (Å²) in [5.41, 5.74) is 0. The molecule has 0 bridgehead atoms. The molecule has 82 valence electrons. The van der Waals surface area contributed by atoms with Crippen LogP contribution < -0.4 is 10.6 Å². The van der Waals surface area contributed by atoms with Crippen LogP contribution in [0.25, 0.3) is 0 Å². The van der Waals surface area contributed by atoms with Gasteiger partial charge in [-0.3, -0.25) is 9.59 Å². The summed E-state index contributed by atoms with van der Waals surface area (Å²) in [6.07, 6.45) is 8.36. The zero-order chi connectivity index (χ0) is 10.5. The number of carbonyl (C=O) groups is 2. The summed E-state index contributed by atoms with van der Waals surface area (Å²) in [5.74, 6) is 0. The van der Waals surface area contributed by atoms with Crippen molar-refractivity contribution in [3.63, 3.8) is 0 Å². The topological polar surface area (TPSA) is 58.2 Å². The molecule has 0 saturated heterocycles. The van der Waals surface area contributed by atoms with Crippen molar-refractivity contribution in [2.24, 2.45) is 0 Å². The molecule has 4 nitrogen and oxygen atoms in total. The van der Waals surface area contributed by atoms with Crippen LogP contribution in [0.1, 0.15) is 38.5 Å². The van der Waals surface area contributed by atoms with Crippen molar-refractivity contribution in [1.82, 2.24) is 10.6 Å². The van der Waals surface area contributed by atoms with Crippen LogP contribution >= 0.6 is 0 Å². The van der Waals surface area contributed by atoms with E-state index in [9.17, 15) is 9.59 Å². The first kappa shape index (κ1) is 12.9.